The number of piperidine rings is 1. The zero-order valence-corrected chi connectivity index (χ0v) is 13.9. The highest BCUT2D eigenvalue weighted by molar-refractivity contribution is 5.96. The molecule has 1 unspecified atom stereocenters. The molecule has 1 aliphatic rings. The van der Waals surface area contributed by atoms with Crippen LogP contribution in [0.5, 0.6) is 0 Å². The monoisotopic (exact) mass is 319 g/mol. The van der Waals surface area contributed by atoms with Gasteiger partial charge in [-0.15, -0.1) is 0 Å². The highest BCUT2D eigenvalue weighted by Gasteiger charge is 2.32. The van der Waals surface area contributed by atoms with Gasteiger partial charge in [-0.3, -0.25) is 4.79 Å². The number of likely N-dealkylation sites (tertiary alicyclic amines) is 1. The lowest BCUT2D eigenvalue weighted by atomic mass is 10.0. The third kappa shape index (κ3) is 4.00. The Morgan fingerprint density at radius 1 is 1.35 bits per heavy atom. The fourth-order valence-corrected chi connectivity index (χ4v) is 3.00. The van der Waals surface area contributed by atoms with E-state index in [1.54, 1.807) is 12.3 Å². The molecule has 126 valence electrons. The van der Waals surface area contributed by atoms with Gasteiger partial charge in [-0.2, -0.15) is 0 Å². The Labute approximate surface area is 137 Å². The molecule has 1 fully saturated rings. The van der Waals surface area contributed by atoms with E-state index in [1.165, 1.54) is 4.90 Å². The maximum absolute atomic E-state index is 12.6. The van der Waals surface area contributed by atoms with Gasteiger partial charge in [-0.05, 0) is 44.7 Å². The van der Waals surface area contributed by atoms with Gasteiger partial charge in [0.05, 0.1) is 5.56 Å². The first-order valence-corrected chi connectivity index (χ1v) is 8.33. The van der Waals surface area contributed by atoms with E-state index in [0.29, 0.717) is 18.5 Å². The molecule has 0 aromatic carbocycles. The second-order valence-electron chi connectivity index (χ2n) is 5.83. The van der Waals surface area contributed by atoms with Gasteiger partial charge in [0.25, 0.3) is 5.91 Å². The number of nitrogens with zero attached hydrogens (tertiary/aromatic N) is 3. The van der Waals surface area contributed by atoms with E-state index >= 15 is 0 Å². The Kier molecular flexibility index (Phi) is 5.96. The van der Waals surface area contributed by atoms with Crippen LogP contribution < -0.4 is 4.90 Å². The molecule has 0 aliphatic carbocycles. The molecule has 23 heavy (non-hydrogen) atoms. The Morgan fingerprint density at radius 3 is 2.70 bits per heavy atom. The van der Waals surface area contributed by atoms with Crippen LogP contribution in [0.1, 0.15) is 49.9 Å². The third-order valence-electron chi connectivity index (χ3n) is 4.24. The predicted molar refractivity (Wildman–Crippen MR) is 88.7 cm³/mol. The van der Waals surface area contributed by atoms with Gasteiger partial charge < -0.3 is 14.9 Å². The SMILES string of the molecule is CCCN(CC)c1ccc(C(=O)N2CCCCC2C(=O)O)cn1. The van der Waals surface area contributed by atoms with Crippen LogP contribution >= 0.6 is 0 Å². The van der Waals surface area contributed by atoms with Gasteiger partial charge in [0.15, 0.2) is 0 Å². The number of carbonyl (C=O) groups excluding carboxylic acids is 1. The molecule has 0 radical (unpaired) electrons. The van der Waals surface area contributed by atoms with Crippen molar-refractivity contribution in [1.29, 1.82) is 0 Å². The number of hydrogen-bond acceptors (Lipinski definition) is 4. The standard InChI is InChI=1S/C17H25N3O3/c1-3-10-19(4-2)15-9-8-13(12-18-15)16(21)20-11-6-5-7-14(20)17(22)23/h8-9,12,14H,3-7,10-11H2,1-2H3,(H,22,23). The van der Waals surface area contributed by atoms with E-state index in [9.17, 15) is 14.7 Å². The van der Waals surface area contributed by atoms with Crippen LogP contribution in [0.25, 0.3) is 0 Å². The Balaban J connectivity index is 2.14. The van der Waals surface area contributed by atoms with Crippen LogP contribution in [0, 0.1) is 0 Å². The van der Waals surface area contributed by atoms with Crippen molar-refractivity contribution in [2.45, 2.75) is 45.6 Å². The fraction of sp³-hybridized carbons (Fsp3) is 0.588. The van der Waals surface area contributed by atoms with Gasteiger partial charge in [0, 0.05) is 25.8 Å². The van der Waals surface area contributed by atoms with Crippen LogP contribution in [-0.4, -0.2) is 52.5 Å². The number of hydrogen-bond donors (Lipinski definition) is 1. The first kappa shape index (κ1) is 17.2. The molecule has 0 bridgehead atoms. The second kappa shape index (κ2) is 7.94. The maximum atomic E-state index is 12.6. The lowest BCUT2D eigenvalue weighted by molar-refractivity contribution is -0.143. The summed E-state index contributed by atoms with van der Waals surface area (Å²) >= 11 is 0. The summed E-state index contributed by atoms with van der Waals surface area (Å²) in [5, 5.41) is 9.30. The number of pyridine rings is 1. The van der Waals surface area contributed by atoms with Crippen LogP contribution in [0.4, 0.5) is 5.82 Å². The van der Waals surface area contributed by atoms with Gasteiger partial charge in [0.1, 0.15) is 11.9 Å². The van der Waals surface area contributed by atoms with E-state index in [2.05, 4.69) is 23.7 Å². The molecule has 1 atom stereocenters. The van der Waals surface area contributed by atoms with Gasteiger partial charge in [-0.25, -0.2) is 9.78 Å². The lowest BCUT2D eigenvalue weighted by Gasteiger charge is -2.33. The number of rotatable bonds is 6. The van der Waals surface area contributed by atoms with E-state index in [-0.39, 0.29) is 5.91 Å². The second-order valence-corrected chi connectivity index (χ2v) is 5.83. The van der Waals surface area contributed by atoms with E-state index in [0.717, 1.165) is 38.2 Å². The van der Waals surface area contributed by atoms with Crippen molar-refractivity contribution in [2.24, 2.45) is 0 Å². The predicted octanol–water partition coefficient (Wildman–Crippen LogP) is 2.40. The van der Waals surface area contributed by atoms with Crippen molar-refractivity contribution in [3.05, 3.63) is 23.9 Å². The van der Waals surface area contributed by atoms with Crippen molar-refractivity contribution in [3.8, 4) is 0 Å². The Hall–Kier alpha value is -2.11. The molecule has 1 aliphatic heterocycles. The van der Waals surface area contributed by atoms with Crippen molar-refractivity contribution in [2.75, 3.05) is 24.5 Å². The molecule has 0 saturated carbocycles. The van der Waals surface area contributed by atoms with Crippen LogP contribution in [-0.2, 0) is 4.79 Å². The van der Waals surface area contributed by atoms with Gasteiger partial charge >= 0.3 is 5.97 Å². The number of carbonyl (C=O) groups is 2. The van der Waals surface area contributed by atoms with Gasteiger partial charge in [0.2, 0.25) is 0 Å². The highest BCUT2D eigenvalue weighted by atomic mass is 16.4. The van der Waals surface area contributed by atoms with Crippen molar-refractivity contribution in [3.63, 3.8) is 0 Å². The van der Waals surface area contributed by atoms with Gasteiger partial charge in [-0.1, -0.05) is 6.92 Å². The minimum absolute atomic E-state index is 0.241. The summed E-state index contributed by atoms with van der Waals surface area (Å²) in [6, 6.07) is 2.87. The zero-order chi connectivity index (χ0) is 16.8. The zero-order valence-electron chi connectivity index (χ0n) is 13.9. The molecule has 0 spiro atoms. The van der Waals surface area contributed by atoms with Crippen molar-refractivity contribution in [1.82, 2.24) is 9.88 Å². The molecular formula is C17H25N3O3. The average molecular weight is 319 g/mol. The van der Waals surface area contributed by atoms with E-state index in [1.807, 2.05) is 6.07 Å². The molecule has 6 nitrogen and oxygen atoms in total. The normalized spacial score (nSPS) is 17.8. The summed E-state index contributed by atoms with van der Waals surface area (Å²) in [4.78, 5) is 31.9. The first-order chi connectivity index (χ1) is 11.1. The number of anilines is 1. The van der Waals surface area contributed by atoms with Crippen molar-refractivity contribution < 1.29 is 14.7 Å². The van der Waals surface area contributed by atoms with Crippen LogP contribution in [0.2, 0.25) is 0 Å². The number of amides is 1. The molecule has 6 heteroatoms. The molecule has 1 aromatic heterocycles. The van der Waals surface area contributed by atoms with E-state index in [4.69, 9.17) is 0 Å². The summed E-state index contributed by atoms with van der Waals surface area (Å²) < 4.78 is 0. The summed E-state index contributed by atoms with van der Waals surface area (Å²) in [6.45, 7) is 6.46. The van der Waals surface area contributed by atoms with Crippen LogP contribution in [0.3, 0.4) is 0 Å². The summed E-state index contributed by atoms with van der Waals surface area (Å²) in [7, 11) is 0. The summed E-state index contributed by atoms with van der Waals surface area (Å²) in [5.41, 5.74) is 0.453. The number of carboxylic acid groups (broad SMARTS) is 1. The first-order valence-electron chi connectivity index (χ1n) is 8.33. The summed E-state index contributed by atoms with van der Waals surface area (Å²) in [5.74, 6) is -0.322. The maximum Gasteiger partial charge on any atom is 0.326 e. The lowest BCUT2D eigenvalue weighted by Crippen LogP contribution is -2.48. The minimum Gasteiger partial charge on any atom is -0.480 e. The number of carboxylic acids is 1. The molecular weight excluding hydrogens is 294 g/mol. The Bertz CT molecular complexity index is 545. The quantitative estimate of drug-likeness (QED) is 0.871. The number of aromatic nitrogens is 1. The minimum atomic E-state index is -0.928. The molecule has 1 N–H and O–H groups in total. The number of aliphatic carboxylic acids is 1. The average Bonchev–Trinajstić information content (AvgIpc) is 2.59. The Morgan fingerprint density at radius 2 is 2.13 bits per heavy atom. The molecule has 1 saturated heterocycles. The topological polar surface area (TPSA) is 73.7 Å². The molecule has 2 heterocycles. The third-order valence-corrected chi connectivity index (χ3v) is 4.24. The smallest absolute Gasteiger partial charge is 0.326 e. The molecule has 1 amide bonds. The van der Waals surface area contributed by atoms with E-state index < -0.39 is 12.0 Å². The molecule has 1 aromatic rings. The molecule has 2 rings (SSSR count). The highest BCUT2D eigenvalue weighted by Crippen LogP contribution is 2.20. The fourth-order valence-electron chi connectivity index (χ4n) is 3.00. The van der Waals surface area contributed by atoms with Crippen LogP contribution in [0.15, 0.2) is 18.3 Å². The van der Waals surface area contributed by atoms with Crippen molar-refractivity contribution >= 4 is 17.7 Å². The summed E-state index contributed by atoms with van der Waals surface area (Å²) in [6.07, 6.45) is 4.81. The largest absolute Gasteiger partial charge is 0.480 e.